The van der Waals surface area contributed by atoms with Crippen LogP contribution < -0.4 is 15.5 Å². The molecule has 2 aromatic carbocycles. The van der Waals surface area contributed by atoms with Crippen LogP contribution in [0.2, 0.25) is 0 Å². The van der Waals surface area contributed by atoms with Gasteiger partial charge < -0.3 is 25.2 Å². The minimum absolute atomic E-state index is 0.00515. The Kier molecular flexibility index (Phi) is 7.96. The van der Waals surface area contributed by atoms with Gasteiger partial charge in [-0.3, -0.25) is 9.59 Å². The molecule has 7 nitrogen and oxygen atoms in total. The Balaban J connectivity index is 1.16. The first-order valence-electron chi connectivity index (χ1n) is 11.9. The minimum atomic E-state index is 0.00515. The van der Waals surface area contributed by atoms with Gasteiger partial charge in [-0.2, -0.15) is 0 Å². The van der Waals surface area contributed by atoms with Gasteiger partial charge in [0.15, 0.2) is 0 Å². The van der Waals surface area contributed by atoms with Crippen molar-refractivity contribution in [3.8, 4) is 0 Å². The van der Waals surface area contributed by atoms with Gasteiger partial charge in [0.05, 0.1) is 13.2 Å². The molecule has 7 heteroatoms. The highest BCUT2D eigenvalue weighted by atomic mass is 16.5. The smallest absolute Gasteiger partial charge is 0.251 e. The van der Waals surface area contributed by atoms with Crippen LogP contribution in [0.3, 0.4) is 0 Å². The second kappa shape index (κ2) is 11.3. The fourth-order valence-electron chi connectivity index (χ4n) is 4.45. The number of aryl methyl sites for hydroxylation is 1. The summed E-state index contributed by atoms with van der Waals surface area (Å²) >= 11 is 0. The van der Waals surface area contributed by atoms with Crippen molar-refractivity contribution in [1.29, 1.82) is 0 Å². The molecule has 0 aliphatic carbocycles. The topological polar surface area (TPSA) is 73.9 Å². The van der Waals surface area contributed by atoms with Crippen molar-refractivity contribution in [2.45, 2.75) is 32.2 Å². The molecule has 33 heavy (non-hydrogen) atoms. The van der Waals surface area contributed by atoms with Crippen LogP contribution in [0, 0.1) is 6.92 Å². The average Bonchev–Trinajstić information content (AvgIpc) is 2.85. The number of hydrogen-bond acceptors (Lipinski definition) is 5. The number of piperidine rings is 1. The first kappa shape index (κ1) is 23.3. The highest BCUT2D eigenvalue weighted by Crippen LogP contribution is 2.19. The maximum atomic E-state index is 12.5. The molecule has 2 N–H and O–H groups in total. The van der Waals surface area contributed by atoms with E-state index >= 15 is 0 Å². The molecule has 2 fully saturated rings. The van der Waals surface area contributed by atoms with E-state index in [2.05, 4.69) is 32.6 Å². The number of morpholine rings is 1. The first-order valence-corrected chi connectivity index (χ1v) is 11.9. The molecular formula is C26H34N4O3. The van der Waals surface area contributed by atoms with Gasteiger partial charge in [-0.15, -0.1) is 0 Å². The fraction of sp³-hybridized carbons (Fsp3) is 0.462. The number of carbonyl (C=O) groups excluding carboxylic acids is 2. The van der Waals surface area contributed by atoms with Gasteiger partial charge in [0.25, 0.3) is 5.91 Å². The summed E-state index contributed by atoms with van der Waals surface area (Å²) in [6.07, 6.45) is 2.27. The molecule has 0 atom stereocenters. The number of nitrogens with zero attached hydrogens (tertiary/aromatic N) is 2. The summed E-state index contributed by atoms with van der Waals surface area (Å²) in [6.45, 7) is 7.79. The predicted octanol–water partition coefficient (Wildman–Crippen LogP) is 3.05. The number of ether oxygens (including phenoxy) is 1. The van der Waals surface area contributed by atoms with Gasteiger partial charge in [-0.1, -0.05) is 18.2 Å². The van der Waals surface area contributed by atoms with Crippen molar-refractivity contribution in [3.05, 3.63) is 59.7 Å². The second-order valence-electron chi connectivity index (χ2n) is 8.85. The lowest BCUT2D eigenvalue weighted by atomic mass is 10.0. The number of benzene rings is 2. The van der Waals surface area contributed by atoms with Crippen LogP contribution in [0.25, 0.3) is 0 Å². The molecule has 0 spiro atoms. The third-order valence-corrected chi connectivity index (χ3v) is 6.49. The lowest BCUT2D eigenvalue weighted by molar-refractivity contribution is -0.116. The Morgan fingerprint density at radius 1 is 0.970 bits per heavy atom. The lowest BCUT2D eigenvalue weighted by Crippen LogP contribution is -2.45. The normalized spacial score (nSPS) is 17.5. The van der Waals surface area contributed by atoms with Crippen molar-refractivity contribution in [3.63, 3.8) is 0 Å². The minimum Gasteiger partial charge on any atom is -0.378 e. The van der Waals surface area contributed by atoms with E-state index in [4.69, 9.17) is 4.74 Å². The van der Waals surface area contributed by atoms with Crippen LogP contribution in [0.5, 0.6) is 0 Å². The van der Waals surface area contributed by atoms with Gasteiger partial charge in [0.1, 0.15) is 0 Å². The van der Waals surface area contributed by atoms with E-state index in [0.717, 1.165) is 81.3 Å². The van der Waals surface area contributed by atoms with E-state index in [-0.39, 0.29) is 17.9 Å². The summed E-state index contributed by atoms with van der Waals surface area (Å²) in [7, 11) is 0. The number of rotatable bonds is 7. The quantitative estimate of drug-likeness (QED) is 0.678. The SMILES string of the molecule is Cc1ccccc1C(=O)NC1CCN(CCC(=O)Nc2ccc(N3CCOCC3)cc2)CC1. The van der Waals surface area contributed by atoms with E-state index in [9.17, 15) is 9.59 Å². The Morgan fingerprint density at radius 3 is 2.36 bits per heavy atom. The molecule has 2 heterocycles. The third-order valence-electron chi connectivity index (χ3n) is 6.49. The summed E-state index contributed by atoms with van der Waals surface area (Å²) in [6, 6.07) is 15.9. The standard InChI is InChI=1S/C26H34N4O3/c1-20-4-2-3-5-24(20)26(32)28-22-10-13-29(14-11-22)15-12-25(31)27-21-6-8-23(9-7-21)30-16-18-33-19-17-30/h2-9,22H,10-19H2,1H3,(H,27,31)(H,28,32). The van der Waals surface area contributed by atoms with E-state index in [1.807, 2.05) is 43.3 Å². The molecule has 176 valence electrons. The monoisotopic (exact) mass is 450 g/mol. The largest absolute Gasteiger partial charge is 0.378 e. The Morgan fingerprint density at radius 2 is 1.67 bits per heavy atom. The molecule has 0 radical (unpaired) electrons. The number of hydrogen-bond donors (Lipinski definition) is 2. The van der Waals surface area contributed by atoms with Crippen LogP contribution in [-0.4, -0.2) is 68.7 Å². The number of likely N-dealkylation sites (tertiary alicyclic amines) is 1. The number of amides is 2. The van der Waals surface area contributed by atoms with Crippen molar-refractivity contribution in [2.24, 2.45) is 0 Å². The van der Waals surface area contributed by atoms with Crippen molar-refractivity contribution in [2.75, 3.05) is 56.2 Å². The predicted molar refractivity (Wildman–Crippen MR) is 131 cm³/mol. The highest BCUT2D eigenvalue weighted by molar-refractivity contribution is 5.95. The van der Waals surface area contributed by atoms with E-state index in [0.29, 0.717) is 6.42 Å². The van der Waals surface area contributed by atoms with Gasteiger partial charge in [-0.25, -0.2) is 0 Å². The lowest BCUT2D eigenvalue weighted by Gasteiger charge is -2.32. The van der Waals surface area contributed by atoms with Gasteiger partial charge in [0, 0.05) is 62.1 Å². The zero-order chi connectivity index (χ0) is 23.0. The van der Waals surface area contributed by atoms with Gasteiger partial charge >= 0.3 is 0 Å². The summed E-state index contributed by atoms with van der Waals surface area (Å²) in [5, 5.41) is 6.17. The third kappa shape index (κ3) is 6.55. The Bertz CT molecular complexity index is 933. The maximum Gasteiger partial charge on any atom is 0.251 e. The van der Waals surface area contributed by atoms with E-state index in [1.54, 1.807) is 0 Å². The molecule has 2 aliphatic rings. The summed E-state index contributed by atoms with van der Waals surface area (Å²) < 4.78 is 5.40. The molecule has 0 saturated carbocycles. The maximum absolute atomic E-state index is 12.5. The summed E-state index contributed by atoms with van der Waals surface area (Å²) in [5.74, 6) is 0.0367. The summed E-state index contributed by atoms with van der Waals surface area (Å²) in [5.41, 5.74) is 3.73. The van der Waals surface area contributed by atoms with Crippen molar-refractivity contribution < 1.29 is 14.3 Å². The fourth-order valence-corrected chi connectivity index (χ4v) is 4.45. The zero-order valence-electron chi connectivity index (χ0n) is 19.4. The van der Waals surface area contributed by atoms with Gasteiger partial charge in [-0.05, 0) is 55.7 Å². The molecular weight excluding hydrogens is 416 g/mol. The molecule has 0 bridgehead atoms. The summed E-state index contributed by atoms with van der Waals surface area (Å²) in [4.78, 5) is 29.5. The Hall–Kier alpha value is -2.90. The number of anilines is 2. The average molecular weight is 451 g/mol. The molecule has 2 amide bonds. The highest BCUT2D eigenvalue weighted by Gasteiger charge is 2.22. The molecule has 2 aliphatic heterocycles. The van der Waals surface area contributed by atoms with Crippen LogP contribution in [0.1, 0.15) is 35.2 Å². The van der Waals surface area contributed by atoms with Crippen molar-refractivity contribution in [1.82, 2.24) is 10.2 Å². The first-order chi connectivity index (χ1) is 16.1. The van der Waals surface area contributed by atoms with Crippen LogP contribution in [0.15, 0.2) is 48.5 Å². The zero-order valence-corrected chi connectivity index (χ0v) is 19.4. The molecule has 0 unspecified atom stereocenters. The van der Waals surface area contributed by atoms with E-state index in [1.165, 1.54) is 0 Å². The molecule has 2 saturated heterocycles. The van der Waals surface area contributed by atoms with Crippen LogP contribution in [-0.2, 0) is 9.53 Å². The molecule has 4 rings (SSSR count). The molecule has 2 aromatic rings. The van der Waals surface area contributed by atoms with E-state index < -0.39 is 0 Å². The Labute approximate surface area is 196 Å². The second-order valence-corrected chi connectivity index (χ2v) is 8.85. The van der Waals surface area contributed by atoms with Crippen LogP contribution in [0.4, 0.5) is 11.4 Å². The van der Waals surface area contributed by atoms with Gasteiger partial charge in [0.2, 0.25) is 5.91 Å². The number of carbonyl (C=O) groups is 2. The van der Waals surface area contributed by atoms with Crippen molar-refractivity contribution >= 4 is 23.2 Å². The molecule has 0 aromatic heterocycles. The number of nitrogens with one attached hydrogen (secondary N) is 2. The van der Waals surface area contributed by atoms with Crippen LogP contribution >= 0.6 is 0 Å².